The van der Waals surface area contributed by atoms with Gasteiger partial charge in [-0.3, -0.25) is 9.59 Å². The van der Waals surface area contributed by atoms with Gasteiger partial charge in [0, 0.05) is 40.6 Å². The standard InChI is InChI=1S/C28H21F6N3O3/c1-15-3-6-20(26(39)36-21-10-4-16(2)22(13-21)27(29,30)31)12-19(15)7-5-17-11-23(40-28(32,33)34)24(35-14-17)37-25(38)18-8-9-18/h3-4,6,10-14,18H,8-9H2,1-2H3,(H,36,39)(H,35,37,38). The molecule has 0 bridgehead atoms. The van der Waals surface area contributed by atoms with Gasteiger partial charge in [0.15, 0.2) is 11.6 Å². The Morgan fingerprint density at radius 2 is 1.62 bits per heavy atom. The summed E-state index contributed by atoms with van der Waals surface area (Å²) in [6.07, 6.45) is -7.18. The van der Waals surface area contributed by atoms with E-state index >= 15 is 0 Å². The van der Waals surface area contributed by atoms with Crippen molar-refractivity contribution in [1.82, 2.24) is 4.98 Å². The number of amides is 2. The number of nitrogens with zero attached hydrogens (tertiary/aromatic N) is 1. The van der Waals surface area contributed by atoms with Crippen molar-refractivity contribution in [3.63, 3.8) is 0 Å². The van der Waals surface area contributed by atoms with Crippen LogP contribution in [0.5, 0.6) is 5.75 Å². The second-order valence-electron chi connectivity index (χ2n) is 9.14. The predicted octanol–water partition coefficient (Wildman–Crippen LogP) is 6.62. The van der Waals surface area contributed by atoms with E-state index in [-0.39, 0.29) is 34.1 Å². The molecule has 1 aliphatic rings. The van der Waals surface area contributed by atoms with Crippen LogP contribution in [-0.2, 0) is 11.0 Å². The van der Waals surface area contributed by atoms with Gasteiger partial charge >= 0.3 is 12.5 Å². The van der Waals surface area contributed by atoms with Crippen LogP contribution in [0.2, 0.25) is 0 Å². The molecule has 0 aliphatic heterocycles. The Labute approximate surface area is 224 Å². The molecule has 0 spiro atoms. The Balaban J connectivity index is 1.57. The predicted molar refractivity (Wildman–Crippen MR) is 134 cm³/mol. The van der Waals surface area contributed by atoms with E-state index in [1.54, 1.807) is 13.0 Å². The Morgan fingerprint density at radius 3 is 2.27 bits per heavy atom. The molecule has 1 fully saturated rings. The summed E-state index contributed by atoms with van der Waals surface area (Å²) in [6, 6.07) is 8.86. The third-order valence-electron chi connectivity index (χ3n) is 5.91. The number of pyridine rings is 1. The minimum Gasteiger partial charge on any atom is -0.402 e. The highest BCUT2D eigenvalue weighted by Crippen LogP contribution is 2.35. The molecule has 1 aromatic heterocycles. The first-order chi connectivity index (χ1) is 18.7. The van der Waals surface area contributed by atoms with Gasteiger partial charge in [0.1, 0.15) is 0 Å². The van der Waals surface area contributed by atoms with Crippen LogP contribution in [0.25, 0.3) is 0 Å². The lowest BCUT2D eigenvalue weighted by molar-refractivity contribution is -0.274. The number of carbonyl (C=O) groups is 2. The molecule has 6 nitrogen and oxygen atoms in total. The summed E-state index contributed by atoms with van der Waals surface area (Å²) in [4.78, 5) is 28.6. The molecule has 2 amide bonds. The van der Waals surface area contributed by atoms with E-state index in [0.717, 1.165) is 12.1 Å². The molecule has 1 heterocycles. The number of benzene rings is 2. The third kappa shape index (κ3) is 7.31. The number of alkyl halides is 6. The van der Waals surface area contributed by atoms with Gasteiger partial charge in [-0.05, 0) is 62.1 Å². The highest BCUT2D eigenvalue weighted by molar-refractivity contribution is 6.04. The van der Waals surface area contributed by atoms with E-state index in [9.17, 15) is 35.9 Å². The summed E-state index contributed by atoms with van der Waals surface area (Å²) in [5.74, 6) is 2.89. The zero-order valence-electron chi connectivity index (χ0n) is 21.1. The number of aromatic nitrogens is 1. The van der Waals surface area contributed by atoms with Gasteiger partial charge in [0.25, 0.3) is 5.91 Å². The van der Waals surface area contributed by atoms with Crippen LogP contribution < -0.4 is 15.4 Å². The van der Waals surface area contributed by atoms with Gasteiger partial charge in [-0.2, -0.15) is 13.2 Å². The number of ether oxygens (including phenoxy) is 1. The van der Waals surface area contributed by atoms with Gasteiger partial charge in [-0.25, -0.2) is 4.98 Å². The molecule has 40 heavy (non-hydrogen) atoms. The normalized spacial score (nSPS) is 13.2. The largest absolute Gasteiger partial charge is 0.573 e. The lowest BCUT2D eigenvalue weighted by Crippen LogP contribution is -2.21. The van der Waals surface area contributed by atoms with Crippen LogP contribution in [0.4, 0.5) is 37.8 Å². The fraction of sp³-hybridized carbons (Fsp3) is 0.250. The maximum absolute atomic E-state index is 13.2. The number of aryl methyl sites for hydroxylation is 2. The topological polar surface area (TPSA) is 80.3 Å². The molecule has 12 heteroatoms. The molecule has 0 unspecified atom stereocenters. The minimum absolute atomic E-state index is 0.00926. The van der Waals surface area contributed by atoms with Crippen molar-refractivity contribution in [2.75, 3.05) is 10.6 Å². The van der Waals surface area contributed by atoms with Gasteiger partial charge in [0.05, 0.1) is 5.56 Å². The summed E-state index contributed by atoms with van der Waals surface area (Å²) in [7, 11) is 0. The van der Waals surface area contributed by atoms with Crippen LogP contribution in [0, 0.1) is 31.6 Å². The van der Waals surface area contributed by atoms with Crippen molar-refractivity contribution in [1.29, 1.82) is 0 Å². The summed E-state index contributed by atoms with van der Waals surface area (Å²) >= 11 is 0. The Hall–Kier alpha value is -4.53. The first-order valence-corrected chi connectivity index (χ1v) is 11.9. The van der Waals surface area contributed by atoms with Gasteiger partial charge < -0.3 is 15.4 Å². The van der Waals surface area contributed by atoms with E-state index in [1.807, 2.05) is 0 Å². The molecule has 4 rings (SSSR count). The Morgan fingerprint density at radius 1 is 0.925 bits per heavy atom. The van der Waals surface area contributed by atoms with Crippen LogP contribution in [0.15, 0.2) is 48.7 Å². The number of nitrogens with one attached hydrogen (secondary N) is 2. The zero-order valence-corrected chi connectivity index (χ0v) is 21.1. The van der Waals surface area contributed by atoms with Crippen molar-refractivity contribution >= 4 is 23.3 Å². The van der Waals surface area contributed by atoms with Gasteiger partial charge in [-0.1, -0.05) is 24.0 Å². The number of hydrogen-bond donors (Lipinski definition) is 2. The molecule has 0 saturated heterocycles. The monoisotopic (exact) mass is 561 g/mol. The van der Waals surface area contributed by atoms with Crippen molar-refractivity contribution in [3.05, 3.63) is 82.0 Å². The van der Waals surface area contributed by atoms with Gasteiger partial charge in [-0.15, -0.1) is 13.2 Å². The van der Waals surface area contributed by atoms with E-state index in [1.165, 1.54) is 37.4 Å². The van der Waals surface area contributed by atoms with Crippen LogP contribution >= 0.6 is 0 Å². The minimum atomic E-state index is -5.04. The van der Waals surface area contributed by atoms with E-state index in [2.05, 4.69) is 32.2 Å². The van der Waals surface area contributed by atoms with Crippen molar-refractivity contribution in [3.8, 4) is 17.6 Å². The fourth-order valence-corrected chi connectivity index (χ4v) is 3.62. The van der Waals surface area contributed by atoms with E-state index in [0.29, 0.717) is 24.0 Å². The van der Waals surface area contributed by atoms with Crippen molar-refractivity contribution in [2.24, 2.45) is 5.92 Å². The molecule has 1 aliphatic carbocycles. The Bertz CT molecular complexity index is 1530. The van der Waals surface area contributed by atoms with E-state index < -0.39 is 35.7 Å². The molecule has 2 aromatic carbocycles. The van der Waals surface area contributed by atoms with Crippen molar-refractivity contribution in [2.45, 2.75) is 39.2 Å². The summed E-state index contributed by atoms with van der Waals surface area (Å²) in [6.45, 7) is 3.00. The molecular formula is C28H21F6N3O3. The lowest BCUT2D eigenvalue weighted by atomic mass is 10.0. The number of carbonyl (C=O) groups excluding carboxylic acids is 2. The highest BCUT2D eigenvalue weighted by atomic mass is 19.4. The first kappa shape index (κ1) is 28.5. The molecular weight excluding hydrogens is 540 g/mol. The second kappa shape index (κ2) is 10.9. The third-order valence-corrected chi connectivity index (χ3v) is 5.91. The lowest BCUT2D eigenvalue weighted by Gasteiger charge is -2.13. The van der Waals surface area contributed by atoms with E-state index in [4.69, 9.17) is 0 Å². The zero-order chi connectivity index (χ0) is 29.2. The number of halogens is 6. The molecule has 208 valence electrons. The van der Waals surface area contributed by atoms with Crippen molar-refractivity contribution < 1.29 is 40.7 Å². The summed E-state index contributed by atoms with van der Waals surface area (Å²) in [5.41, 5.74) is 0.201. The highest BCUT2D eigenvalue weighted by Gasteiger charge is 2.35. The maximum Gasteiger partial charge on any atom is 0.573 e. The molecule has 3 aromatic rings. The molecule has 0 atom stereocenters. The number of rotatable bonds is 5. The SMILES string of the molecule is Cc1ccc(C(=O)Nc2ccc(C)c(C(F)(F)F)c2)cc1C#Cc1cnc(NC(=O)C2CC2)c(OC(F)(F)F)c1. The number of hydrogen-bond acceptors (Lipinski definition) is 4. The van der Waals surface area contributed by atoms with Gasteiger partial charge in [0.2, 0.25) is 5.91 Å². The average Bonchev–Trinajstić information content (AvgIpc) is 3.70. The smallest absolute Gasteiger partial charge is 0.402 e. The van der Waals surface area contributed by atoms with Crippen LogP contribution in [0.3, 0.4) is 0 Å². The average molecular weight is 561 g/mol. The first-order valence-electron chi connectivity index (χ1n) is 11.9. The fourth-order valence-electron chi connectivity index (χ4n) is 3.62. The number of anilines is 2. The van der Waals surface area contributed by atoms with Crippen LogP contribution in [-0.4, -0.2) is 23.2 Å². The maximum atomic E-state index is 13.2. The quantitative estimate of drug-likeness (QED) is 0.271. The summed E-state index contributed by atoms with van der Waals surface area (Å²) in [5, 5.41) is 4.76. The molecule has 0 radical (unpaired) electrons. The summed E-state index contributed by atoms with van der Waals surface area (Å²) < 4.78 is 82.5. The molecule has 2 N–H and O–H groups in total. The Kier molecular flexibility index (Phi) is 7.77. The molecule has 1 saturated carbocycles. The second-order valence-corrected chi connectivity index (χ2v) is 9.14. The van der Waals surface area contributed by atoms with Crippen LogP contribution in [0.1, 0.15) is 51.0 Å².